The highest BCUT2D eigenvalue weighted by Crippen LogP contribution is 2.28. The van der Waals surface area contributed by atoms with Crippen molar-refractivity contribution in [2.45, 2.75) is 30.0 Å². The average Bonchev–Trinajstić information content (AvgIpc) is 3.19. The van der Waals surface area contributed by atoms with Crippen molar-refractivity contribution < 1.29 is 30.3 Å². The molecule has 0 atom stereocenters. The first kappa shape index (κ1) is 19.4. The van der Waals surface area contributed by atoms with Crippen molar-refractivity contribution in [1.29, 1.82) is 0 Å². The van der Waals surface area contributed by atoms with Gasteiger partial charge in [0.25, 0.3) is 11.6 Å². The van der Waals surface area contributed by atoms with Crippen molar-refractivity contribution in [3.63, 3.8) is 0 Å². The maximum Gasteiger partial charge on any atom is 0.288 e. The summed E-state index contributed by atoms with van der Waals surface area (Å²) in [5.74, 6) is -1.16. The minimum atomic E-state index is -2.39. The van der Waals surface area contributed by atoms with Crippen LogP contribution >= 0.6 is 23.4 Å². The van der Waals surface area contributed by atoms with Gasteiger partial charge in [-0.05, 0) is 55.0 Å². The number of nitrogens with zero attached hydrogens (tertiary/aromatic N) is 2. The van der Waals surface area contributed by atoms with Crippen molar-refractivity contribution in [1.82, 2.24) is 4.57 Å². The van der Waals surface area contributed by atoms with Crippen LogP contribution in [0.25, 0.3) is 16.9 Å². The number of aromatic nitrogens is 2. The summed E-state index contributed by atoms with van der Waals surface area (Å²) in [6, 6.07) is 15.1. The molecule has 2 aromatic carbocycles. The molecule has 0 N–H and O–H groups in total. The Morgan fingerprint density at radius 2 is 1.73 bits per heavy atom. The fourth-order valence-electron chi connectivity index (χ4n) is 3.30. The Balaban J connectivity index is 0.00000196. The highest BCUT2D eigenvalue weighted by atomic mass is 79.9. The molecule has 1 aromatic heterocycles. The lowest BCUT2D eigenvalue weighted by Gasteiger charge is -2.02. The van der Waals surface area contributed by atoms with Crippen LogP contribution in [-0.4, -0.2) is 10.3 Å². The van der Waals surface area contributed by atoms with Gasteiger partial charge in [0.2, 0.25) is 0 Å². The van der Waals surface area contributed by atoms with Crippen LogP contribution in [0, 0.1) is 0 Å². The summed E-state index contributed by atoms with van der Waals surface area (Å²) in [5, 5.41) is 0.719. The van der Waals surface area contributed by atoms with Crippen LogP contribution in [0.1, 0.15) is 12.2 Å². The second-order valence-corrected chi connectivity index (χ2v) is 7.43. The van der Waals surface area contributed by atoms with E-state index in [9.17, 15) is 8.78 Å². The first-order valence-corrected chi connectivity index (χ1v) is 9.33. The van der Waals surface area contributed by atoms with Gasteiger partial charge in [-0.15, -0.1) is 0 Å². The van der Waals surface area contributed by atoms with Crippen LogP contribution in [0.4, 0.5) is 8.78 Å². The molecule has 26 heavy (non-hydrogen) atoms. The van der Waals surface area contributed by atoms with Crippen molar-refractivity contribution >= 4 is 23.4 Å². The Morgan fingerprint density at radius 1 is 1.04 bits per heavy atom. The van der Waals surface area contributed by atoms with E-state index < -0.39 is 5.76 Å². The largest absolute Gasteiger partial charge is 1.00 e. The van der Waals surface area contributed by atoms with Gasteiger partial charge < -0.3 is 17.0 Å². The molecule has 0 saturated carbocycles. The molecule has 0 spiro atoms. The van der Waals surface area contributed by atoms with Crippen molar-refractivity contribution in [3.8, 4) is 16.9 Å². The second-order valence-electron chi connectivity index (χ2n) is 5.94. The molecule has 0 aliphatic carbocycles. The first-order chi connectivity index (χ1) is 12.1. The molecular weight excluding hydrogens is 442 g/mol. The van der Waals surface area contributed by atoms with E-state index in [0.717, 1.165) is 41.4 Å². The maximum absolute atomic E-state index is 12.5. The minimum absolute atomic E-state index is 0. The summed E-state index contributed by atoms with van der Waals surface area (Å²) in [7, 11) is 0. The molecule has 2 heterocycles. The van der Waals surface area contributed by atoms with E-state index in [2.05, 4.69) is 15.3 Å². The molecule has 7 heteroatoms. The van der Waals surface area contributed by atoms with E-state index in [0.29, 0.717) is 16.7 Å². The van der Waals surface area contributed by atoms with Gasteiger partial charge in [-0.2, -0.15) is 13.3 Å². The fourth-order valence-corrected chi connectivity index (χ4v) is 3.92. The van der Waals surface area contributed by atoms with Gasteiger partial charge in [0.1, 0.15) is 11.9 Å². The number of hydrogen-bond acceptors (Lipinski definition) is 1. The highest BCUT2D eigenvalue weighted by molar-refractivity contribution is 7.99. The highest BCUT2D eigenvalue weighted by Gasteiger charge is 2.29. The Kier molecular flexibility index (Phi) is 6.05. The van der Waals surface area contributed by atoms with Gasteiger partial charge in [0.15, 0.2) is 5.69 Å². The molecule has 1 aliphatic heterocycles. The SMILES string of the molecule is FC(F)Sc1ccc(-n2cc(-c3ccc(Cl)cc3)[n+]3c2CCC3)cc1.[Br-]. The molecular formula is C19H16BrClF2N2S. The average molecular weight is 458 g/mol. The van der Waals surface area contributed by atoms with Crippen LogP contribution in [0.3, 0.4) is 0 Å². The Hall–Kier alpha value is -1.37. The van der Waals surface area contributed by atoms with E-state index in [1.807, 2.05) is 36.4 Å². The number of thioether (sulfide) groups is 1. The van der Waals surface area contributed by atoms with Gasteiger partial charge in [-0.3, -0.25) is 0 Å². The zero-order valence-corrected chi connectivity index (χ0v) is 16.9. The molecule has 4 rings (SSSR count). The van der Waals surface area contributed by atoms with Crippen molar-refractivity contribution in [2.75, 3.05) is 0 Å². The standard InChI is InChI=1S/C19H16ClF2N2S.BrH/c20-14-5-3-13(4-6-14)17-12-24(18-2-1-11-23(17)18)15-7-9-16(10-8-15)25-19(21)22;/h3-10,12,19H,1-2,11H2;1H/q+1;/p-1. The van der Waals surface area contributed by atoms with E-state index in [1.54, 1.807) is 12.1 Å². The normalized spacial score (nSPS) is 12.9. The number of hydrogen-bond donors (Lipinski definition) is 0. The van der Waals surface area contributed by atoms with E-state index in [-0.39, 0.29) is 17.0 Å². The van der Waals surface area contributed by atoms with E-state index >= 15 is 0 Å². The maximum atomic E-state index is 12.5. The summed E-state index contributed by atoms with van der Waals surface area (Å²) >= 11 is 6.57. The zero-order valence-electron chi connectivity index (χ0n) is 13.7. The molecule has 0 saturated heterocycles. The fraction of sp³-hybridized carbons (Fsp3) is 0.211. The molecule has 0 fully saturated rings. The topological polar surface area (TPSA) is 8.81 Å². The summed E-state index contributed by atoms with van der Waals surface area (Å²) in [5.41, 5.74) is 3.26. The van der Waals surface area contributed by atoms with Crippen molar-refractivity contribution in [2.24, 2.45) is 0 Å². The van der Waals surface area contributed by atoms with Crippen LogP contribution in [-0.2, 0) is 13.0 Å². The number of imidazole rings is 1. The number of fused-ring (bicyclic) bond motifs is 1. The third-order valence-electron chi connectivity index (χ3n) is 4.39. The number of rotatable bonds is 4. The summed E-state index contributed by atoms with van der Waals surface area (Å²) < 4.78 is 29.5. The quantitative estimate of drug-likeness (QED) is 0.432. The lowest BCUT2D eigenvalue weighted by atomic mass is 10.1. The van der Waals surface area contributed by atoms with Crippen molar-refractivity contribution in [3.05, 3.63) is 65.6 Å². The molecule has 0 radical (unpaired) electrons. The third-order valence-corrected chi connectivity index (χ3v) is 5.37. The van der Waals surface area contributed by atoms with Gasteiger partial charge in [-0.1, -0.05) is 23.4 Å². The Morgan fingerprint density at radius 3 is 2.38 bits per heavy atom. The molecule has 0 bridgehead atoms. The molecule has 3 aromatic rings. The van der Waals surface area contributed by atoms with Gasteiger partial charge in [0, 0.05) is 15.5 Å². The second kappa shape index (κ2) is 8.11. The smallest absolute Gasteiger partial charge is 0.288 e. The Bertz CT molecular complexity index is 895. The van der Waals surface area contributed by atoms with E-state index in [4.69, 9.17) is 11.6 Å². The van der Waals surface area contributed by atoms with E-state index in [1.165, 1.54) is 5.82 Å². The zero-order chi connectivity index (χ0) is 17.4. The lowest BCUT2D eigenvalue weighted by molar-refractivity contribution is -0.679. The van der Waals surface area contributed by atoms with Gasteiger partial charge >= 0.3 is 0 Å². The number of benzene rings is 2. The van der Waals surface area contributed by atoms with Crippen LogP contribution in [0.15, 0.2) is 59.6 Å². The van der Waals surface area contributed by atoms with Gasteiger partial charge in [0.05, 0.1) is 13.0 Å². The van der Waals surface area contributed by atoms with Crippen LogP contribution in [0.5, 0.6) is 0 Å². The minimum Gasteiger partial charge on any atom is -1.00 e. The molecule has 0 amide bonds. The number of halogens is 4. The lowest BCUT2D eigenvalue weighted by Crippen LogP contribution is -3.00. The van der Waals surface area contributed by atoms with Gasteiger partial charge in [-0.25, -0.2) is 4.57 Å². The van der Waals surface area contributed by atoms with Crippen LogP contribution in [0.2, 0.25) is 5.02 Å². The molecule has 136 valence electrons. The first-order valence-electron chi connectivity index (χ1n) is 8.07. The third kappa shape index (κ3) is 3.82. The number of alkyl halides is 2. The van der Waals surface area contributed by atoms with Crippen LogP contribution < -0.4 is 21.5 Å². The molecule has 1 aliphatic rings. The Labute approximate surface area is 170 Å². The predicted molar refractivity (Wildman–Crippen MR) is 96.6 cm³/mol. The summed E-state index contributed by atoms with van der Waals surface area (Å²) in [6.07, 6.45) is 4.23. The predicted octanol–water partition coefficient (Wildman–Crippen LogP) is 2.35. The monoisotopic (exact) mass is 456 g/mol. The summed E-state index contributed by atoms with van der Waals surface area (Å²) in [4.78, 5) is 0.577. The molecule has 0 unspecified atom stereocenters. The molecule has 2 nitrogen and oxygen atoms in total. The summed E-state index contributed by atoms with van der Waals surface area (Å²) in [6.45, 7) is 0.986.